The lowest BCUT2D eigenvalue weighted by molar-refractivity contribution is 0.0696. The first-order valence-electron chi connectivity index (χ1n) is 6.89. The smallest absolute Gasteiger partial charge is 0.335 e. The highest BCUT2D eigenvalue weighted by molar-refractivity contribution is 5.88. The minimum absolute atomic E-state index is 0.0456. The fourth-order valence-electron chi connectivity index (χ4n) is 2.16. The summed E-state index contributed by atoms with van der Waals surface area (Å²) in [6.45, 7) is 2.75. The van der Waals surface area contributed by atoms with Gasteiger partial charge in [-0.05, 0) is 36.1 Å². The number of benzene rings is 2. The van der Waals surface area contributed by atoms with Gasteiger partial charge in [-0.25, -0.2) is 9.18 Å². The van der Waals surface area contributed by atoms with Crippen LogP contribution in [-0.2, 0) is 0 Å². The van der Waals surface area contributed by atoms with Gasteiger partial charge >= 0.3 is 5.97 Å². The molecule has 0 aliphatic rings. The minimum Gasteiger partial charge on any atom is -0.478 e. The maximum Gasteiger partial charge on any atom is 0.335 e. The molecule has 0 bridgehead atoms. The Morgan fingerprint density at radius 3 is 2.57 bits per heavy atom. The van der Waals surface area contributed by atoms with Crippen molar-refractivity contribution >= 4 is 11.7 Å². The van der Waals surface area contributed by atoms with E-state index >= 15 is 0 Å². The summed E-state index contributed by atoms with van der Waals surface area (Å²) in [5.41, 5.74) is 1.54. The highest BCUT2D eigenvalue weighted by atomic mass is 19.1. The summed E-state index contributed by atoms with van der Waals surface area (Å²) in [6.07, 6.45) is 0.865. The van der Waals surface area contributed by atoms with Crippen molar-refractivity contribution in [3.8, 4) is 0 Å². The quantitative estimate of drug-likeness (QED) is 0.840. The zero-order valence-electron chi connectivity index (χ0n) is 11.8. The zero-order valence-corrected chi connectivity index (χ0v) is 11.8. The van der Waals surface area contributed by atoms with Gasteiger partial charge in [0.25, 0.3) is 0 Å². The number of carboxylic acids is 1. The second kappa shape index (κ2) is 6.88. The van der Waals surface area contributed by atoms with Gasteiger partial charge in [0, 0.05) is 6.54 Å². The molecule has 2 aromatic carbocycles. The molecular formula is C17H18FNO2. The molecule has 4 heteroatoms. The van der Waals surface area contributed by atoms with E-state index in [-0.39, 0.29) is 5.56 Å². The summed E-state index contributed by atoms with van der Waals surface area (Å²) in [5, 5.41) is 11.8. The molecule has 0 aromatic heterocycles. The van der Waals surface area contributed by atoms with E-state index in [2.05, 4.69) is 24.4 Å². The first kappa shape index (κ1) is 15.0. The molecular weight excluding hydrogens is 269 g/mol. The van der Waals surface area contributed by atoms with E-state index < -0.39 is 11.8 Å². The van der Waals surface area contributed by atoms with E-state index in [1.807, 2.05) is 18.2 Å². The predicted molar refractivity (Wildman–Crippen MR) is 81.3 cm³/mol. The molecule has 110 valence electrons. The van der Waals surface area contributed by atoms with Crippen LogP contribution >= 0.6 is 0 Å². The lowest BCUT2D eigenvalue weighted by Gasteiger charge is -2.13. The standard InChI is InChI=1S/C17H18FNO2/c1-12(13-5-3-2-4-6-13)9-10-19-16-8-7-14(17(20)21)11-15(16)18/h2-8,11-12,19H,9-10H2,1H3,(H,20,21). The lowest BCUT2D eigenvalue weighted by Crippen LogP contribution is -2.08. The Morgan fingerprint density at radius 2 is 1.95 bits per heavy atom. The van der Waals surface area contributed by atoms with Gasteiger partial charge < -0.3 is 10.4 Å². The second-order valence-corrected chi connectivity index (χ2v) is 5.03. The van der Waals surface area contributed by atoms with Crippen molar-refractivity contribution in [2.24, 2.45) is 0 Å². The summed E-state index contributed by atoms with van der Waals surface area (Å²) in [7, 11) is 0. The number of aromatic carboxylic acids is 1. The fourth-order valence-corrected chi connectivity index (χ4v) is 2.16. The predicted octanol–water partition coefficient (Wildman–Crippen LogP) is 4.13. The zero-order chi connectivity index (χ0) is 15.2. The van der Waals surface area contributed by atoms with Crippen LogP contribution in [0.5, 0.6) is 0 Å². The molecule has 0 radical (unpaired) electrons. The van der Waals surface area contributed by atoms with Crippen LogP contribution < -0.4 is 5.32 Å². The topological polar surface area (TPSA) is 49.3 Å². The van der Waals surface area contributed by atoms with Crippen molar-refractivity contribution in [3.05, 3.63) is 65.5 Å². The molecule has 2 aromatic rings. The Labute approximate surface area is 123 Å². The monoisotopic (exact) mass is 287 g/mol. The summed E-state index contributed by atoms with van der Waals surface area (Å²) < 4.78 is 13.7. The Kier molecular flexibility index (Phi) is 4.93. The van der Waals surface area contributed by atoms with Crippen LogP contribution in [0.25, 0.3) is 0 Å². The van der Waals surface area contributed by atoms with Crippen molar-refractivity contribution in [3.63, 3.8) is 0 Å². The normalized spacial score (nSPS) is 11.9. The number of carbonyl (C=O) groups is 1. The summed E-state index contributed by atoms with van der Waals surface area (Å²) >= 11 is 0. The number of anilines is 1. The molecule has 0 fully saturated rings. The highest BCUT2D eigenvalue weighted by Crippen LogP contribution is 2.20. The third kappa shape index (κ3) is 4.05. The molecule has 2 N–H and O–H groups in total. The molecule has 0 saturated carbocycles. The first-order chi connectivity index (χ1) is 10.1. The minimum atomic E-state index is -1.13. The van der Waals surface area contributed by atoms with Gasteiger partial charge in [0.2, 0.25) is 0 Å². The molecule has 2 rings (SSSR count). The van der Waals surface area contributed by atoms with E-state index in [1.54, 1.807) is 0 Å². The maximum absolute atomic E-state index is 13.7. The van der Waals surface area contributed by atoms with Gasteiger partial charge in [0.05, 0.1) is 11.3 Å². The van der Waals surface area contributed by atoms with Gasteiger partial charge in [0.15, 0.2) is 0 Å². The van der Waals surface area contributed by atoms with Gasteiger partial charge in [-0.3, -0.25) is 0 Å². The number of carboxylic acid groups (broad SMARTS) is 1. The van der Waals surface area contributed by atoms with Gasteiger partial charge in [-0.2, -0.15) is 0 Å². The van der Waals surface area contributed by atoms with E-state index in [1.165, 1.54) is 17.7 Å². The molecule has 0 aliphatic carbocycles. The molecule has 0 heterocycles. The van der Waals surface area contributed by atoms with Crippen molar-refractivity contribution in [1.29, 1.82) is 0 Å². The third-order valence-electron chi connectivity index (χ3n) is 3.48. The van der Waals surface area contributed by atoms with Crippen LogP contribution in [0.1, 0.15) is 35.2 Å². The summed E-state index contributed by atoms with van der Waals surface area (Å²) in [5.74, 6) is -1.29. The van der Waals surface area contributed by atoms with E-state index in [4.69, 9.17) is 5.11 Å². The maximum atomic E-state index is 13.7. The Balaban J connectivity index is 1.90. The van der Waals surface area contributed by atoms with Crippen LogP contribution in [0.15, 0.2) is 48.5 Å². The number of rotatable bonds is 6. The Bertz CT molecular complexity index is 613. The molecule has 0 spiro atoms. The second-order valence-electron chi connectivity index (χ2n) is 5.03. The molecule has 0 saturated heterocycles. The van der Waals surface area contributed by atoms with Crippen LogP contribution in [0.2, 0.25) is 0 Å². The summed E-state index contributed by atoms with van der Waals surface area (Å²) in [6, 6.07) is 14.0. The average Bonchev–Trinajstić information content (AvgIpc) is 2.49. The molecule has 3 nitrogen and oxygen atoms in total. The lowest BCUT2D eigenvalue weighted by atomic mass is 9.98. The molecule has 0 aliphatic heterocycles. The number of nitrogens with one attached hydrogen (secondary N) is 1. The third-order valence-corrected chi connectivity index (χ3v) is 3.48. The van der Waals surface area contributed by atoms with E-state index in [0.29, 0.717) is 18.2 Å². The van der Waals surface area contributed by atoms with Crippen LogP contribution in [0.4, 0.5) is 10.1 Å². The van der Waals surface area contributed by atoms with Crippen LogP contribution in [-0.4, -0.2) is 17.6 Å². The largest absolute Gasteiger partial charge is 0.478 e. The van der Waals surface area contributed by atoms with Crippen molar-refractivity contribution in [2.45, 2.75) is 19.3 Å². The molecule has 21 heavy (non-hydrogen) atoms. The highest BCUT2D eigenvalue weighted by Gasteiger charge is 2.09. The van der Waals surface area contributed by atoms with Crippen molar-refractivity contribution < 1.29 is 14.3 Å². The van der Waals surface area contributed by atoms with Crippen molar-refractivity contribution in [2.75, 3.05) is 11.9 Å². The van der Waals surface area contributed by atoms with Gasteiger partial charge in [-0.1, -0.05) is 37.3 Å². The molecule has 1 unspecified atom stereocenters. The molecule has 0 amide bonds. The first-order valence-corrected chi connectivity index (χ1v) is 6.89. The number of halogens is 1. The van der Waals surface area contributed by atoms with Crippen molar-refractivity contribution in [1.82, 2.24) is 0 Å². The number of hydrogen-bond donors (Lipinski definition) is 2. The van der Waals surface area contributed by atoms with Crippen LogP contribution in [0.3, 0.4) is 0 Å². The summed E-state index contributed by atoms with van der Waals surface area (Å²) in [4.78, 5) is 10.7. The average molecular weight is 287 g/mol. The fraction of sp³-hybridized carbons (Fsp3) is 0.235. The van der Waals surface area contributed by atoms with E-state index in [0.717, 1.165) is 12.5 Å². The number of hydrogen-bond acceptors (Lipinski definition) is 2. The SMILES string of the molecule is CC(CCNc1ccc(C(=O)O)cc1F)c1ccccc1. The van der Waals surface area contributed by atoms with Gasteiger partial charge in [-0.15, -0.1) is 0 Å². The molecule has 1 atom stereocenters. The van der Waals surface area contributed by atoms with E-state index in [9.17, 15) is 9.18 Å². The Morgan fingerprint density at radius 1 is 1.24 bits per heavy atom. The Hall–Kier alpha value is -2.36. The van der Waals surface area contributed by atoms with Crippen LogP contribution in [0, 0.1) is 5.82 Å². The van der Waals surface area contributed by atoms with Gasteiger partial charge in [0.1, 0.15) is 5.82 Å².